The summed E-state index contributed by atoms with van der Waals surface area (Å²) in [6, 6.07) is 4.54. The van der Waals surface area contributed by atoms with E-state index in [2.05, 4.69) is 0 Å². The van der Waals surface area contributed by atoms with E-state index in [1.54, 1.807) is 6.07 Å². The molecule has 1 fully saturated rings. The van der Waals surface area contributed by atoms with Gasteiger partial charge in [-0.15, -0.1) is 12.4 Å². The van der Waals surface area contributed by atoms with Crippen LogP contribution in [0.3, 0.4) is 0 Å². The van der Waals surface area contributed by atoms with Gasteiger partial charge in [0.2, 0.25) is 0 Å². The predicted molar refractivity (Wildman–Crippen MR) is 87.1 cm³/mol. The minimum atomic E-state index is -0.791. The molecule has 1 unspecified atom stereocenters. The number of benzene rings is 1. The van der Waals surface area contributed by atoms with E-state index in [0.717, 1.165) is 0 Å². The summed E-state index contributed by atoms with van der Waals surface area (Å²) in [6.45, 7) is 5.36. The number of ether oxygens (including phenoxy) is 1. The molecule has 1 aromatic carbocycles. The fraction of sp³-hybridized carbons (Fsp3) is 0.533. The average molecular weight is 345 g/mol. The van der Waals surface area contributed by atoms with Crippen molar-refractivity contribution in [2.24, 2.45) is 5.92 Å². The third kappa shape index (κ3) is 5.07. The summed E-state index contributed by atoms with van der Waals surface area (Å²) in [6.07, 6.45) is 0.565. The third-order valence-electron chi connectivity index (χ3n) is 3.63. The standard InChI is InChI=1S/C15H20N2O5.ClH/c1-10(2)22-14-4-3-13(17(20)21)7-12(14)9-16-6-5-11(8-16)15(18)19;/h3-4,7,10-11H,5-6,8-9H2,1-2H3,(H,18,19);1H. The van der Waals surface area contributed by atoms with Crippen molar-refractivity contribution in [2.75, 3.05) is 13.1 Å². The van der Waals surface area contributed by atoms with Crippen molar-refractivity contribution in [3.63, 3.8) is 0 Å². The number of nitro groups is 1. The number of halogens is 1. The van der Waals surface area contributed by atoms with Crippen LogP contribution < -0.4 is 4.74 Å². The number of carboxylic acid groups (broad SMARTS) is 1. The summed E-state index contributed by atoms with van der Waals surface area (Å²) < 4.78 is 5.70. The van der Waals surface area contributed by atoms with Crippen LogP contribution >= 0.6 is 12.4 Å². The lowest BCUT2D eigenvalue weighted by molar-refractivity contribution is -0.385. The largest absolute Gasteiger partial charge is 0.491 e. The van der Waals surface area contributed by atoms with Gasteiger partial charge in [0.05, 0.1) is 16.9 Å². The van der Waals surface area contributed by atoms with E-state index in [0.29, 0.717) is 37.4 Å². The highest BCUT2D eigenvalue weighted by molar-refractivity contribution is 5.85. The second-order valence-corrected chi connectivity index (χ2v) is 5.77. The van der Waals surface area contributed by atoms with Gasteiger partial charge in [-0.25, -0.2) is 0 Å². The topological polar surface area (TPSA) is 92.9 Å². The first kappa shape index (κ1) is 19.2. The Kier molecular flexibility index (Phi) is 6.78. The number of likely N-dealkylation sites (tertiary alicyclic amines) is 1. The Hall–Kier alpha value is -1.86. The molecule has 2 rings (SSSR count). The van der Waals surface area contributed by atoms with E-state index < -0.39 is 10.9 Å². The highest BCUT2D eigenvalue weighted by Crippen LogP contribution is 2.28. The zero-order chi connectivity index (χ0) is 16.3. The third-order valence-corrected chi connectivity index (χ3v) is 3.63. The molecule has 1 aromatic rings. The Morgan fingerprint density at radius 3 is 2.74 bits per heavy atom. The Morgan fingerprint density at radius 2 is 2.22 bits per heavy atom. The molecule has 1 saturated heterocycles. The first-order valence-electron chi connectivity index (χ1n) is 7.26. The second kappa shape index (κ2) is 8.12. The monoisotopic (exact) mass is 344 g/mol. The van der Waals surface area contributed by atoms with Crippen molar-refractivity contribution in [2.45, 2.75) is 32.9 Å². The Bertz CT molecular complexity index is 579. The highest BCUT2D eigenvalue weighted by Gasteiger charge is 2.28. The fourth-order valence-corrected chi connectivity index (χ4v) is 2.59. The molecule has 1 atom stereocenters. The van der Waals surface area contributed by atoms with Crippen molar-refractivity contribution >= 4 is 24.1 Å². The quantitative estimate of drug-likeness (QED) is 0.630. The van der Waals surface area contributed by atoms with Gasteiger partial charge in [-0.05, 0) is 32.9 Å². The molecule has 1 N–H and O–H groups in total. The van der Waals surface area contributed by atoms with Crippen molar-refractivity contribution in [1.29, 1.82) is 0 Å². The van der Waals surface area contributed by atoms with Crippen LogP contribution in [0.25, 0.3) is 0 Å². The maximum absolute atomic E-state index is 11.0. The summed E-state index contributed by atoms with van der Waals surface area (Å²) in [5.74, 6) is -0.548. The molecule has 0 saturated carbocycles. The van der Waals surface area contributed by atoms with E-state index >= 15 is 0 Å². The van der Waals surface area contributed by atoms with E-state index in [-0.39, 0.29) is 30.1 Å². The van der Waals surface area contributed by atoms with Crippen LogP contribution in [0.15, 0.2) is 18.2 Å². The molecule has 1 aliphatic rings. The number of rotatable bonds is 6. The first-order valence-corrected chi connectivity index (χ1v) is 7.26. The number of nitro benzene ring substituents is 1. The average Bonchev–Trinajstić information content (AvgIpc) is 2.88. The molecule has 128 valence electrons. The van der Waals surface area contributed by atoms with Gasteiger partial charge in [0.1, 0.15) is 5.75 Å². The van der Waals surface area contributed by atoms with E-state index in [9.17, 15) is 14.9 Å². The zero-order valence-electron chi connectivity index (χ0n) is 13.1. The van der Waals surface area contributed by atoms with Gasteiger partial charge < -0.3 is 9.84 Å². The number of hydrogen-bond donors (Lipinski definition) is 1. The van der Waals surface area contributed by atoms with Gasteiger partial charge in [0, 0.05) is 30.8 Å². The molecular formula is C15H21ClN2O5. The number of carboxylic acids is 1. The number of nitrogens with zero attached hydrogens (tertiary/aromatic N) is 2. The summed E-state index contributed by atoms with van der Waals surface area (Å²) >= 11 is 0. The van der Waals surface area contributed by atoms with Gasteiger partial charge in [-0.2, -0.15) is 0 Å². The van der Waals surface area contributed by atoms with Crippen LogP contribution in [0.5, 0.6) is 5.75 Å². The number of carbonyl (C=O) groups is 1. The minimum absolute atomic E-state index is 0. The molecule has 23 heavy (non-hydrogen) atoms. The van der Waals surface area contributed by atoms with Crippen molar-refractivity contribution in [1.82, 2.24) is 4.90 Å². The van der Waals surface area contributed by atoms with Crippen molar-refractivity contribution < 1.29 is 19.6 Å². The molecular weight excluding hydrogens is 324 g/mol. The molecule has 0 aromatic heterocycles. The number of hydrogen-bond acceptors (Lipinski definition) is 5. The van der Waals surface area contributed by atoms with Gasteiger partial charge in [0.25, 0.3) is 5.69 Å². The normalized spacial score (nSPS) is 17.8. The molecule has 0 spiro atoms. The van der Waals surface area contributed by atoms with Gasteiger partial charge in [-0.1, -0.05) is 0 Å². The molecule has 0 amide bonds. The SMILES string of the molecule is CC(C)Oc1ccc([N+](=O)[O-])cc1CN1CCC(C(=O)O)C1.Cl. The van der Waals surface area contributed by atoms with Crippen LogP contribution in [0, 0.1) is 16.0 Å². The lowest BCUT2D eigenvalue weighted by Crippen LogP contribution is -2.23. The molecule has 1 heterocycles. The summed E-state index contributed by atoms with van der Waals surface area (Å²) in [7, 11) is 0. The fourth-order valence-electron chi connectivity index (χ4n) is 2.59. The second-order valence-electron chi connectivity index (χ2n) is 5.77. The zero-order valence-corrected chi connectivity index (χ0v) is 13.9. The minimum Gasteiger partial charge on any atom is -0.491 e. The molecule has 0 aliphatic carbocycles. The number of aliphatic carboxylic acids is 1. The van der Waals surface area contributed by atoms with Gasteiger partial charge in [0.15, 0.2) is 0 Å². The molecule has 0 bridgehead atoms. The van der Waals surface area contributed by atoms with Crippen LogP contribution in [0.4, 0.5) is 5.69 Å². The van der Waals surface area contributed by atoms with Crippen LogP contribution in [0.1, 0.15) is 25.8 Å². The summed E-state index contributed by atoms with van der Waals surface area (Å²) in [4.78, 5) is 23.5. The Morgan fingerprint density at radius 1 is 1.52 bits per heavy atom. The van der Waals surface area contributed by atoms with Crippen molar-refractivity contribution in [3.05, 3.63) is 33.9 Å². The van der Waals surface area contributed by atoms with E-state index in [4.69, 9.17) is 9.84 Å². The van der Waals surface area contributed by atoms with Gasteiger partial charge >= 0.3 is 5.97 Å². The smallest absolute Gasteiger partial charge is 0.307 e. The Balaban J connectivity index is 0.00000264. The number of non-ortho nitro benzene ring substituents is 1. The Labute approximate surface area is 140 Å². The predicted octanol–water partition coefficient (Wildman–Crippen LogP) is 2.71. The maximum atomic E-state index is 11.0. The lowest BCUT2D eigenvalue weighted by Gasteiger charge is -2.19. The summed E-state index contributed by atoms with van der Waals surface area (Å²) in [5, 5.41) is 20.0. The summed E-state index contributed by atoms with van der Waals surface area (Å²) in [5.41, 5.74) is 0.731. The van der Waals surface area contributed by atoms with Crippen molar-refractivity contribution in [3.8, 4) is 5.75 Å². The van der Waals surface area contributed by atoms with Crippen LogP contribution in [-0.4, -0.2) is 40.1 Å². The van der Waals surface area contributed by atoms with Crippen LogP contribution in [-0.2, 0) is 11.3 Å². The molecule has 8 heteroatoms. The van der Waals surface area contributed by atoms with E-state index in [1.807, 2.05) is 18.7 Å². The van der Waals surface area contributed by atoms with E-state index in [1.165, 1.54) is 12.1 Å². The van der Waals surface area contributed by atoms with Gasteiger partial charge in [-0.3, -0.25) is 19.8 Å². The lowest BCUT2D eigenvalue weighted by atomic mass is 10.1. The highest BCUT2D eigenvalue weighted by atomic mass is 35.5. The maximum Gasteiger partial charge on any atom is 0.307 e. The molecule has 7 nitrogen and oxygen atoms in total. The molecule has 1 aliphatic heterocycles. The van der Waals surface area contributed by atoms with Crippen LogP contribution in [0.2, 0.25) is 0 Å². The molecule has 0 radical (unpaired) electrons. The first-order chi connectivity index (χ1) is 10.4.